The van der Waals surface area contributed by atoms with E-state index in [2.05, 4.69) is 60.4 Å². The number of anilines is 1. The van der Waals surface area contributed by atoms with Gasteiger partial charge in [-0.2, -0.15) is 0 Å². The summed E-state index contributed by atoms with van der Waals surface area (Å²) in [6.07, 6.45) is 4.57. The van der Waals surface area contributed by atoms with E-state index in [1.165, 1.54) is 31.5 Å². The fourth-order valence-corrected chi connectivity index (χ4v) is 8.92. The molecular weight excluding hydrogens is 516 g/mol. The van der Waals surface area contributed by atoms with E-state index < -0.39 is 0 Å². The second-order valence-corrected chi connectivity index (χ2v) is 12.2. The zero-order valence-electron chi connectivity index (χ0n) is 16.4. The van der Waals surface area contributed by atoms with Crippen molar-refractivity contribution in [2.24, 2.45) is 0 Å². The fourth-order valence-electron chi connectivity index (χ4n) is 3.21. The number of benzene rings is 1. The molecule has 0 amide bonds. The van der Waals surface area contributed by atoms with Gasteiger partial charge < -0.3 is 0 Å². The van der Waals surface area contributed by atoms with Crippen molar-refractivity contribution in [3.63, 3.8) is 0 Å². The van der Waals surface area contributed by atoms with Crippen molar-refractivity contribution in [1.82, 2.24) is 0 Å². The molecule has 0 spiro atoms. The molecule has 1 aliphatic heterocycles. The Morgan fingerprint density at radius 2 is 2.07 bits per heavy atom. The Bertz CT molecular complexity index is 1060. The Hall–Kier alpha value is -1.75. The normalized spacial score (nSPS) is 15.7. The first-order chi connectivity index (χ1) is 14.1. The predicted molar refractivity (Wildman–Crippen MR) is 122 cm³/mol. The molecule has 150 valence electrons. The van der Waals surface area contributed by atoms with Crippen LogP contribution in [-0.2, 0) is 4.74 Å². The Balaban J connectivity index is 1.50. The molecule has 29 heavy (non-hydrogen) atoms. The first-order valence-electron chi connectivity index (χ1n) is 9.21. The van der Waals surface area contributed by atoms with Crippen LogP contribution in [0, 0.1) is 0 Å². The van der Waals surface area contributed by atoms with Gasteiger partial charge in [-0.25, -0.2) is 0 Å². The number of likely N-dealkylation sites (N-methyl/N-ethyl adjacent to an activating group) is 1. The van der Waals surface area contributed by atoms with E-state index in [0.717, 1.165) is 16.7 Å². The van der Waals surface area contributed by atoms with E-state index in [1.807, 2.05) is 6.07 Å². The van der Waals surface area contributed by atoms with Crippen molar-refractivity contribution in [3.8, 4) is 15.1 Å². The zero-order chi connectivity index (χ0) is 20.4. The van der Waals surface area contributed by atoms with Crippen LogP contribution in [0.2, 0.25) is 0 Å². The van der Waals surface area contributed by atoms with Crippen LogP contribution in [0.15, 0.2) is 48.5 Å². The summed E-state index contributed by atoms with van der Waals surface area (Å²) >= 11 is 2.18. The molecule has 2 aromatic heterocycles. The van der Waals surface area contributed by atoms with Crippen LogP contribution in [0.4, 0.5) is 5.69 Å². The summed E-state index contributed by atoms with van der Waals surface area (Å²) in [6, 6.07) is 14.7. The maximum atomic E-state index is 11.7. The number of rotatable bonds is 6. The molecule has 0 saturated carbocycles. The second-order valence-electron chi connectivity index (χ2n) is 6.34. The molecule has 4 rings (SSSR count). The van der Waals surface area contributed by atoms with Crippen molar-refractivity contribution in [2.45, 2.75) is 11.9 Å². The van der Waals surface area contributed by atoms with Crippen molar-refractivity contribution in [3.05, 3.63) is 57.9 Å². The van der Waals surface area contributed by atoms with Gasteiger partial charge in [0.1, 0.15) is 0 Å². The molecule has 1 atom stereocenters. The SMILES string of the molecule is CCN1c2cc(OC)ccc2[Se]C1/C=C/c1ccc(-c2ccc(C(=O)OC)[se]2)s1. The molecule has 0 N–H and O–H groups in total. The number of esters is 1. The fraction of sp³-hybridized carbons (Fsp3) is 0.227. The third kappa shape index (κ3) is 4.25. The summed E-state index contributed by atoms with van der Waals surface area (Å²) in [6.45, 7) is 3.18. The Morgan fingerprint density at radius 1 is 1.21 bits per heavy atom. The van der Waals surface area contributed by atoms with Crippen LogP contribution < -0.4 is 14.1 Å². The monoisotopic (exact) mass is 539 g/mol. The minimum absolute atomic E-state index is 0.0210. The number of hydrogen-bond donors (Lipinski definition) is 0. The summed E-state index contributed by atoms with van der Waals surface area (Å²) in [5.74, 6) is 0.699. The predicted octanol–water partition coefficient (Wildman–Crippen LogP) is 3.48. The standard InChI is InChI=1S/C22H21NO3SSe2/c1-4-23-16-13-14(25-2)5-9-18(16)29-21(23)12-7-15-6-8-17(27-15)19-10-11-20(28-19)22(24)26-3/h5-13,21H,4H2,1-3H3/b12-7+. The molecule has 0 saturated heterocycles. The molecule has 1 unspecified atom stereocenters. The van der Waals surface area contributed by atoms with Crippen molar-refractivity contribution >= 4 is 63.0 Å². The van der Waals surface area contributed by atoms with E-state index >= 15 is 0 Å². The molecule has 0 aliphatic carbocycles. The Labute approximate surface area is 187 Å². The number of ether oxygens (including phenoxy) is 2. The first-order valence-corrected chi connectivity index (χ1v) is 13.6. The topological polar surface area (TPSA) is 38.8 Å². The van der Waals surface area contributed by atoms with E-state index in [1.54, 1.807) is 18.4 Å². The van der Waals surface area contributed by atoms with Crippen molar-refractivity contribution < 1.29 is 14.3 Å². The molecule has 0 bridgehead atoms. The molecule has 3 heterocycles. The van der Waals surface area contributed by atoms with Gasteiger partial charge in [-0.05, 0) is 0 Å². The molecule has 3 aromatic rings. The van der Waals surface area contributed by atoms with Crippen molar-refractivity contribution in [1.29, 1.82) is 0 Å². The summed E-state index contributed by atoms with van der Waals surface area (Å²) in [5, 5.41) is 0. The van der Waals surface area contributed by atoms with Gasteiger partial charge in [0.15, 0.2) is 0 Å². The number of fused-ring (bicyclic) bond motifs is 1. The van der Waals surface area contributed by atoms with Gasteiger partial charge in [-0.15, -0.1) is 0 Å². The van der Waals surface area contributed by atoms with Crippen LogP contribution in [0.5, 0.6) is 5.75 Å². The summed E-state index contributed by atoms with van der Waals surface area (Å²) < 4.78 is 13.7. The molecule has 1 aromatic carbocycles. The van der Waals surface area contributed by atoms with Crippen LogP contribution in [0.25, 0.3) is 15.4 Å². The van der Waals surface area contributed by atoms with Gasteiger partial charge in [-0.1, -0.05) is 0 Å². The first kappa shape index (κ1) is 20.5. The van der Waals surface area contributed by atoms with Gasteiger partial charge in [0.25, 0.3) is 0 Å². The van der Waals surface area contributed by atoms with Crippen LogP contribution >= 0.6 is 11.3 Å². The number of methoxy groups -OCH3 is 2. The molecular formula is C22H21NO3SSe2. The molecule has 4 nitrogen and oxygen atoms in total. The number of hydrogen-bond acceptors (Lipinski definition) is 5. The number of carbonyl (C=O) groups excluding carboxylic acids is 1. The number of carbonyl (C=O) groups is 1. The average Bonchev–Trinajstić information content (AvgIpc) is 3.48. The van der Waals surface area contributed by atoms with E-state index in [9.17, 15) is 4.79 Å². The van der Waals surface area contributed by atoms with Gasteiger partial charge in [0.2, 0.25) is 0 Å². The maximum absolute atomic E-state index is 11.7. The molecule has 0 fully saturated rings. The van der Waals surface area contributed by atoms with Crippen molar-refractivity contribution in [2.75, 3.05) is 25.7 Å². The average molecular weight is 537 g/mol. The second kappa shape index (κ2) is 8.95. The van der Waals surface area contributed by atoms with Crippen LogP contribution in [0.1, 0.15) is 21.0 Å². The van der Waals surface area contributed by atoms with Gasteiger partial charge in [0.05, 0.1) is 0 Å². The van der Waals surface area contributed by atoms with E-state index in [-0.39, 0.29) is 20.5 Å². The third-order valence-corrected chi connectivity index (χ3v) is 11.0. The quantitative estimate of drug-likeness (QED) is 0.357. The van der Waals surface area contributed by atoms with Gasteiger partial charge in [-0.3, -0.25) is 0 Å². The minimum atomic E-state index is -0.216. The van der Waals surface area contributed by atoms with Crippen LogP contribution in [-0.4, -0.2) is 61.1 Å². The molecule has 1 aliphatic rings. The Morgan fingerprint density at radius 3 is 2.83 bits per heavy atom. The van der Waals surface area contributed by atoms with E-state index in [0.29, 0.717) is 19.9 Å². The molecule has 0 radical (unpaired) electrons. The Kier molecular flexibility index (Phi) is 6.33. The van der Waals surface area contributed by atoms with Crippen LogP contribution in [0.3, 0.4) is 0 Å². The zero-order valence-corrected chi connectivity index (χ0v) is 20.6. The summed E-state index contributed by atoms with van der Waals surface area (Å²) in [7, 11) is 3.15. The van der Waals surface area contributed by atoms with Gasteiger partial charge >= 0.3 is 188 Å². The summed E-state index contributed by atoms with van der Waals surface area (Å²) in [5.41, 5.74) is 1.30. The van der Waals surface area contributed by atoms with Gasteiger partial charge in [0, 0.05) is 0 Å². The molecule has 7 heteroatoms. The number of thiophene rings is 1. The summed E-state index contributed by atoms with van der Waals surface area (Å²) in [4.78, 5) is 17.1. The number of nitrogens with zero attached hydrogens (tertiary/aromatic N) is 1. The van der Waals surface area contributed by atoms with E-state index in [4.69, 9.17) is 9.47 Å². The third-order valence-electron chi connectivity index (χ3n) is 4.66.